The van der Waals surface area contributed by atoms with E-state index in [9.17, 15) is 9.59 Å². The lowest BCUT2D eigenvalue weighted by Gasteiger charge is -2.38. The topological polar surface area (TPSA) is 89.6 Å². The molecule has 0 aromatic carbocycles. The van der Waals surface area contributed by atoms with E-state index in [1.54, 1.807) is 13.4 Å². The predicted molar refractivity (Wildman–Crippen MR) is 112 cm³/mol. The third kappa shape index (κ3) is 5.30. The quantitative estimate of drug-likeness (QED) is 0.679. The Morgan fingerprint density at radius 1 is 1.40 bits per heavy atom. The number of nitrogens with one attached hydrogen (secondary N) is 1. The smallest absolute Gasteiger partial charge is 0.223 e. The van der Waals surface area contributed by atoms with Gasteiger partial charge in [0.15, 0.2) is 0 Å². The van der Waals surface area contributed by atoms with E-state index in [4.69, 9.17) is 9.15 Å². The number of likely N-dealkylation sites (tertiary alicyclic amines) is 1. The normalized spacial score (nSPS) is 19.5. The second kappa shape index (κ2) is 9.47. The minimum Gasteiger partial charge on any atom is -0.469 e. The molecule has 1 aliphatic heterocycles. The van der Waals surface area contributed by atoms with Crippen molar-refractivity contribution in [2.24, 2.45) is 5.92 Å². The number of rotatable bonds is 9. The SMILES string of the molecule is COCCn1cc([C@H]2[C@H](CNC(=O)CCc3ccco3)CC(=O)N2C(C)(C)C)cn1. The number of hydrogen-bond acceptors (Lipinski definition) is 5. The number of ether oxygens (including phenoxy) is 1. The third-order valence-corrected chi connectivity index (χ3v) is 5.41. The Balaban J connectivity index is 1.69. The van der Waals surface area contributed by atoms with Crippen molar-refractivity contribution >= 4 is 11.8 Å². The number of amides is 2. The fraction of sp³-hybridized carbons (Fsp3) is 0.591. The van der Waals surface area contributed by atoms with E-state index in [2.05, 4.69) is 10.4 Å². The fourth-order valence-corrected chi connectivity index (χ4v) is 4.06. The highest BCUT2D eigenvalue weighted by Gasteiger charge is 2.45. The molecule has 2 aromatic rings. The number of aryl methyl sites for hydroxylation is 1. The number of furan rings is 1. The van der Waals surface area contributed by atoms with Gasteiger partial charge in [-0.05, 0) is 32.9 Å². The minimum atomic E-state index is -0.325. The molecule has 1 saturated heterocycles. The van der Waals surface area contributed by atoms with E-state index in [1.165, 1.54) is 0 Å². The van der Waals surface area contributed by atoms with Gasteiger partial charge in [-0.15, -0.1) is 0 Å². The summed E-state index contributed by atoms with van der Waals surface area (Å²) in [6, 6.07) is 3.55. The molecule has 2 amide bonds. The van der Waals surface area contributed by atoms with Crippen LogP contribution in [0.2, 0.25) is 0 Å². The summed E-state index contributed by atoms with van der Waals surface area (Å²) in [7, 11) is 1.66. The Morgan fingerprint density at radius 2 is 2.20 bits per heavy atom. The van der Waals surface area contributed by atoms with Crippen molar-refractivity contribution in [2.45, 2.75) is 58.2 Å². The number of methoxy groups -OCH3 is 1. The van der Waals surface area contributed by atoms with Gasteiger partial charge in [-0.25, -0.2) is 0 Å². The van der Waals surface area contributed by atoms with E-state index in [0.717, 1.165) is 11.3 Å². The van der Waals surface area contributed by atoms with E-state index >= 15 is 0 Å². The van der Waals surface area contributed by atoms with Crippen molar-refractivity contribution in [1.82, 2.24) is 20.0 Å². The molecule has 30 heavy (non-hydrogen) atoms. The van der Waals surface area contributed by atoms with E-state index < -0.39 is 0 Å². The first kappa shape index (κ1) is 22.1. The number of aromatic nitrogens is 2. The first-order valence-electron chi connectivity index (χ1n) is 10.4. The molecule has 1 fully saturated rings. The first-order valence-corrected chi connectivity index (χ1v) is 10.4. The van der Waals surface area contributed by atoms with Gasteiger partial charge in [0.2, 0.25) is 11.8 Å². The standard InChI is InChI=1S/C22H32N4O4/c1-22(2,3)26-20(28)12-16(13-23-19(27)8-7-18-6-5-10-30-18)21(26)17-14-24-25(15-17)9-11-29-4/h5-6,10,14-16,21H,7-9,11-13H2,1-4H3,(H,23,27)/t16-,21+/m0/s1. The molecule has 0 bridgehead atoms. The lowest BCUT2D eigenvalue weighted by molar-refractivity contribution is -0.133. The zero-order valence-electron chi connectivity index (χ0n) is 18.3. The summed E-state index contributed by atoms with van der Waals surface area (Å²) < 4.78 is 12.2. The summed E-state index contributed by atoms with van der Waals surface area (Å²) in [5.41, 5.74) is 0.663. The maximum absolute atomic E-state index is 12.9. The maximum atomic E-state index is 12.9. The van der Waals surface area contributed by atoms with Crippen molar-refractivity contribution in [3.63, 3.8) is 0 Å². The molecule has 164 valence electrons. The molecule has 2 atom stereocenters. The number of hydrogen-bond donors (Lipinski definition) is 1. The second-order valence-electron chi connectivity index (χ2n) is 8.76. The van der Waals surface area contributed by atoms with Crippen LogP contribution in [-0.4, -0.2) is 52.3 Å². The van der Waals surface area contributed by atoms with Crippen molar-refractivity contribution in [3.05, 3.63) is 42.1 Å². The highest BCUT2D eigenvalue weighted by Crippen LogP contribution is 2.42. The highest BCUT2D eigenvalue weighted by molar-refractivity contribution is 5.81. The van der Waals surface area contributed by atoms with Crippen LogP contribution in [0.25, 0.3) is 0 Å². The van der Waals surface area contributed by atoms with E-state index in [1.807, 2.05) is 54.9 Å². The monoisotopic (exact) mass is 416 g/mol. The predicted octanol–water partition coefficient (Wildman–Crippen LogP) is 2.56. The molecule has 0 unspecified atom stereocenters. The first-order chi connectivity index (χ1) is 14.3. The average Bonchev–Trinajstić information content (AvgIpc) is 3.42. The number of carbonyl (C=O) groups is 2. The van der Waals surface area contributed by atoms with Crippen LogP contribution >= 0.6 is 0 Å². The van der Waals surface area contributed by atoms with Crippen LogP contribution < -0.4 is 5.32 Å². The van der Waals surface area contributed by atoms with Crippen LogP contribution in [0.1, 0.15) is 51.0 Å². The highest BCUT2D eigenvalue weighted by atomic mass is 16.5. The summed E-state index contributed by atoms with van der Waals surface area (Å²) in [5, 5.41) is 7.44. The van der Waals surface area contributed by atoms with Crippen molar-refractivity contribution in [2.75, 3.05) is 20.3 Å². The third-order valence-electron chi connectivity index (χ3n) is 5.41. The Morgan fingerprint density at radius 3 is 2.87 bits per heavy atom. The minimum absolute atomic E-state index is 0.00985. The van der Waals surface area contributed by atoms with Gasteiger partial charge >= 0.3 is 0 Å². The Labute approximate surface area is 177 Å². The van der Waals surface area contributed by atoms with Gasteiger partial charge in [-0.3, -0.25) is 14.3 Å². The van der Waals surface area contributed by atoms with Gasteiger partial charge in [0, 0.05) is 56.1 Å². The van der Waals surface area contributed by atoms with Crippen LogP contribution in [0.4, 0.5) is 0 Å². The van der Waals surface area contributed by atoms with Gasteiger partial charge in [0.05, 0.1) is 31.7 Å². The summed E-state index contributed by atoms with van der Waals surface area (Å²) >= 11 is 0. The molecule has 2 aromatic heterocycles. The zero-order chi connectivity index (χ0) is 21.7. The van der Waals surface area contributed by atoms with Crippen molar-refractivity contribution < 1.29 is 18.7 Å². The van der Waals surface area contributed by atoms with Crippen LogP contribution in [0, 0.1) is 5.92 Å². The molecular formula is C22H32N4O4. The lowest BCUT2D eigenvalue weighted by atomic mass is 9.93. The Bertz CT molecular complexity index is 838. The molecule has 3 rings (SSSR count). The second-order valence-corrected chi connectivity index (χ2v) is 8.76. The maximum Gasteiger partial charge on any atom is 0.223 e. The number of nitrogens with zero attached hydrogens (tertiary/aromatic N) is 3. The summed E-state index contributed by atoms with van der Waals surface area (Å²) in [5.74, 6) is 0.848. The van der Waals surface area contributed by atoms with Gasteiger partial charge in [0.1, 0.15) is 5.76 Å². The van der Waals surface area contributed by atoms with Gasteiger partial charge < -0.3 is 19.4 Å². The molecule has 1 aliphatic rings. The molecular weight excluding hydrogens is 384 g/mol. The van der Waals surface area contributed by atoms with Crippen LogP contribution in [0.15, 0.2) is 35.2 Å². The largest absolute Gasteiger partial charge is 0.469 e. The molecule has 0 aliphatic carbocycles. The summed E-state index contributed by atoms with van der Waals surface area (Å²) in [6.45, 7) is 7.79. The summed E-state index contributed by atoms with van der Waals surface area (Å²) in [4.78, 5) is 27.1. The van der Waals surface area contributed by atoms with Crippen molar-refractivity contribution in [1.29, 1.82) is 0 Å². The molecule has 3 heterocycles. The van der Waals surface area contributed by atoms with Crippen molar-refractivity contribution in [3.8, 4) is 0 Å². The molecule has 0 radical (unpaired) electrons. The average molecular weight is 417 g/mol. The summed E-state index contributed by atoms with van der Waals surface area (Å²) in [6.07, 6.45) is 6.73. The molecule has 0 spiro atoms. The van der Waals surface area contributed by atoms with E-state index in [0.29, 0.717) is 39.0 Å². The molecule has 8 heteroatoms. The van der Waals surface area contributed by atoms with Crippen LogP contribution in [-0.2, 0) is 27.3 Å². The zero-order valence-corrected chi connectivity index (χ0v) is 18.3. The van der Waals surface area contributed by atoms with Gasteiger partial charge in [-0.2, -0.15) is 5.10 Å². The van der Waals surface area contributed by atoms with E-state index in [-0.39, 0.29) is 29.3 Å². The molecule has 8 nitrogen and oxygen atoms in total. The Hall–Kier alpha value is -2.61. The van der Waals surface area contributed by atoms with Gasteiger partial charge in [-0.1, -0.05) is 0 Å². The molecule has 0 saturated carbocycles. The Kier molecular flexibility index (Phi) is 6.97. The van der Waals surface area contributed by atoms with Crippen LogP contribution in [0.5, 0.6) is 0 Å². The van der Waals surface area contributed by atoms with Crippen LogP contribution in [0.3, 0.4) is 0 Å². The molecule has 1 N–H and O–H groups in total. The lowest BCUT2D eigenvalue weighted by Crippen LogP contribution is -2.44. The van der Waals surface area contributed by atoms with Gasteiger partial charge in [0.25, 0.3) is 0 Å². The number of carbonyl (C=O) groups excluding carboxylic acids is 2. The fourth-order valence-electron chi connectivity index (χ4n) is 4.06.